The third-order valence-corrected chi connectivity index (χ3v) is 3.72. The quantitative estimate of drug-likeness (QED) is 0.790. The molecule has 17 heavy (non-hydrogen) atoms. The van der Waals surface area contributed by atoms with Crippen LogP contribution in [-0.2, 0) is 6.54 Å². The van der Waals surface area contributed by atoms with Crippen LogP contribution < -0.4 is 11.1 Å². The van der Waals surface area contributed by atoms with Crippen LogP contribution >= 0.6 is 0 Å². The van der Waals surface area contributed by atoms with E-state index in [2.05, 4.69) is 5.32 Å². The zero-order chi connectivity index (χ0) is 12.1. The second-order valence-electron chi connectivity index (χ2n) is 5.21. The van der Waals surface area contributed by atoms with Crippen molar-refractivity contribution in [3.05, 3.63) is 23.7 Å². The molecule has 0 aromatic carbocycles. The minimum atomic E-state index is 0.378. The van der Waals surface area contributed by atoms with Crippen LogP contribution in [-0.4, -0.2) is 12.6 Å². The fourth-order valence-electron chi connectivity index (χ4n) is 2.63. The van der Waals surface area contributed by atoms with Crippen molar-refractivity contribution < 1.29 is 4.42 Å². The molecule has 2 rings (SSSR count). The summed E-state index contributed by atoms with van der Waals surface area (Å²) >= 11 is 0. The van der Waals surface area contributed by atoms with Gasteiger partial charge in [0.15, 0.2) is 0 Å². The summed E-state index contributed by atoms with van der Waals surface area (Å²) < 4.78 is 5.53. The lowest BCUT2D eigenvalue weighted by molar-refractivity contribution is 0.363. The van der Waals surface area contributed by atoms with E-state index in [-0.39, 0.29) is 0 Å². The smallest absolute Gasteiger partial charge is 0.117 e. The van der Waals surface area contributed by atoms with Gasteiger partial charge in [0, 0.05) is 6.04 Å². The van der Waals surface area contributed by atoms with Gasteiger partial charge in [-0.2, -0.15) is 0 Å². The lowest BCUT2D eigenvalue weighted by Gasteiger charge is -2.21. The monoisotopic (exact) mass is 236 g/mol. The lowest BCUT2D eigenvalue weighted by Crippen LogP contribution is -2.36. The molecule has 3 N–H and O–H groups in total. The molecule has 2 unspecified atom stereocenters. The maximum atomic E-state index is 6.20. The lowest BCUT2D eigenvalue weighted by atomic mass is 9.95. The molecule has 0 saturated heterocycles. The van der Waals surface area contributed by atoms with E-state index in [1.165, 1.54) is 32.1 Å². The molecule has 2 atom stereocenters. The fraction of sp³-hybridized carbons (Fsp3) is 0.714. The van der Waals surface area contributed by atoms with Gasteiger partial charge in [-0.15, -0.1) is 0 Å². The van der Waals surface area contributed by atoms with Crippen LogP contribution in [0.5, 0.6) is 0 Å². The number of nitrogens with one attached hydrogen (secondary N) is 1. The molecule has 1 aromatic heterocycles. The van der Waals surface area contributed by atoms with E-state index in [9.17, 15) is 0 Å². The highest BCUT2D eigenvalue weighted by Crippen LogP contribution is 2.21. The first-order valence-electron chi connectivity index (χ1n) is 6.77. The Morgan fingerprint density at radius 1 is 1.29 bits per heavy atom. The number of aryl methyl sites for hydroxylation is 1. The summed E-state index contributed by atoms with van der Waals surface area (Å²) in [6.45, 7) is 3.81. The molecule has 1 aromatic rings. The Kier molecular flexibility index (Phi) is 4.63. The molecule has 0 spiro atoms. The van der Waals surface area contributed by atoms with Crippen molar-refractivity contribution in [2.24, 2.45) is 11.7 Å². The first-order chi connectivity index (χ1) is 8.25. The maximum Gasteiger partial charge on any atom is 0.117 e. The van der Waals surface area contributed by atoms with Gasteiger partial charge < -0.3 is 15.5 Å². The highest BCUT2D eigenvalue weighted by molar-refractivity contribution is 5.05. The Morgan fingerprint density at radius 3 is 2.88 bits per heavy atom. The second-order valence-corrected chi connectivity index (χ2v) is 5.21. The fourth-order valence-corrected chi connectivity index (χ4v) is 2.63. The molecule has 0 amide bonds. The topological polar surface area (TPSA) is 51.2 Å². The average molecular weight is 236 g/mol. The molecule has 1 aliphatic rings. The van der Waals surface area contributed by atoms with Gasteiger partial charge >= 0.3 is 0 Å². The van der Waals surface area contributed by atoms with Gasteiger partial charge in [0.05, 0.1) is 6.54 Å². The van der Waals surface area contributed by atoms with E-state index in [0.717, 1.165) is 24.6 Å². The Balaban J connectivity index is 1.73. The number of nitrogens with two attached hydrogens (primary N) is 1. The van der Waals surface area contributed by atoms with Crippen molar-refractivity contribution >= 4 is 0 Å². The molecule has 0 bridgehead atoms. The first-order valence-corrected chi connectivity index (χ1v) is 6.77. The summed E-state index contributed by atoms with van der Waals surface area (Å²) in [5.74, 6) is 2.63. The number of rotatable bonds is 4. The number of furan rings is 1. The second kappa shape index (κ2) is 6.22. The van der Waals surface area contributed by atoms with Crippen LogP contribution in [0.15, 0.2) is 16.5 Å². The van der Waals surface area contributed by atoms with Gasteiger partial charge in [0.2, 0.25) is 0 Å². The molecule has 1 aliphatic carbocycles. The molecule has 0 radical (unpaired) electrons. The predicted octanol–water partition coefficient (Wildman–Crippen LogP) is 2.59. The zero-order valence-corrected chi connectivity index (χ0v) is 10.7. The third kappa shape index (κ3) is 3.86. The highest BCUT2D eigenvalue weighted by Gasteiger charge is 2.19. The SMILES string of the molecule is Cc1ccc(CNCC2CCCCCC2N)o1. The summed E-state index contributed by atoms with van der Waals surface area (Å²) in [7, 11) is 0. The van der Waals surface area contributed by atoms with Crippen molar-refractivity contribution in [1.82, 2.24) is 5.32 Å². The molecule has 1 fully saturated rings. The maximum absolute atomic E-state index is 6.20. The van der Waals surface area contributed by atoms with Gasteiger partial charge in [-0.25, -0.2) is 0 Å². The van der Waals surface area contributed by atoms with Crippen molar-refractivity contribution in [3.8, 4) is 0 Å². The Labute approximate surface area is 104 Å². The van der Waals surface area contributed by atoms with E-state index < -0.39 is 0 Å². The summed E-state index contributed by atoms with van der Waals surface area (Å²) in [6.07, 6.45) is 6.44. The summed E-state index contributed by atoms with van der Waals surface area (Å²) in [5.41, 5.74) is 6.20. The van der Waals surface area contributed by atoms with Gasteiger partial charge in [0.25, 0.3) is 0 Å². The number of hydrogen-bond donors (Lipinski definition) is 2. The highest BCUT2D eigenvalue weighted by atomic mass is 16.3. The van der Waals surface area contributed by atoms with Crippen LogP contribution in [0, 0.1) is 12.8 Å². The normalized spacial score (nSPS) is 25.8. The van der Waals surface area contributed by atoms with Crippen LogP contribution in [0.2, 0.25) is 0 Å². The van der Waals surface area contributed by atoms with Crippen LogP contribution in [0.3, 0.4) is 0 Å². The van der Waals surface area contributed by atoms with E-state index in [1.807, 2.05) is 19.1 Å². The van der Waals surface area contributed by atoms with Crippen LogP contribution in [0.1, 0.15) is 43.6 Å². The number of hydrogen-bond acceptors (Lipinski definition) is 3. The Bertz CT molecular complexity index is 335. The third-order valence-electron chi connectivity index (χ3n) is 3.72. The van der Waals surface area contributed by atoms with E-state index in [0.29, 0.717) is 12.0 Å². The average Bonchev–Trinajstić information content (AvgIpc) is 2.61. The van der Waals surface area contributed by atoms with Gasteiger partial charge in [-0.05, 0) is 44.4 Å². The van der Waals surface area contributed by atoms with E-state index in [1.54, 1.807) is 0 Å². The molecule has 3 nitrogen and oxygen atoms in total. The summed E-state index contributed by atoms with van der Waals surface area (Å²) in [6, 6.07) is 4.42. The summed E-state index contributed by atoms with van der Waals surface area (Å²) in [4.78, 5) is 0. The molecule has 1 saturated carbocycles. The molecule has 96 valence electrons. The molecule has 0 aliphatic heterocycles. The summed E-state index contributed by atoms with van der Waals surface area (Å²) in [5, 5.41) is 3.47. The largest absolute Gasteiger partial charge is 0.465 e. The van der Waals surface area contributed by atoms with Gasteiger partial charge in [-0.1, -0.05) is 19.3 Å². The van der Waals surface area contributed by atoms with Crippen LogP contribution in [0.25, 0.3) is 0 Å². The van der Waals surface area contributed by atoms with Crippen molar-refractivity contribution in [2.75, 3.05) is 6.54 Å². The Hall–Kier alpha value is -0.800. The van der Waals surface area contributed by atoms with Crippen molar-refractivity contribution in [3.63, 3.8) is 0 Å². The standard InChI is InChI=1S/C14H24N2O/c1-11-7-8-13(17-11)10-16-9-12-5-3-2-4-6-14(12)15/h7-8,12,14,16H,2-6,9-10,15H2,1H3. The zero-order valence-electron chi connectivity index (χ0n) is 10.7. The van der Waals surface area contributed by atoms with Crippen molar-refractivity contribution in [1.29, 1.82) is 0 Å². The van der Waals surface area contributed by atoms with E-state index >= 15 is 0 Å². The molecular formula is C14H24N2O. The van der Waals surface area contributed by atoms with Crippen LogP contribution in [0.4, 0.5) is 0 Å². The minimum Gasteiger partial charge on any atom is -0.465 e. The Morgan fingerprint density at radius 2 is 2.12 bits per heavy atom. The van der Waals surface area contributed by atoms with Gasteiger partial charge in [0.1, 0.15) is 11.5 Å². The van der Waals surface area contributed by atoms with Gasteiger partial charge in [-0.3, -0.25) is 0 Å². The predicted molar refractivity (Wildman–Crippen MR) is 69.7 cm³/mol. The molecule has 3 heteroatoms. The molecular weight excluding hydrogens is 212 g/mol. The minimum absolute atomic E-state index is 0.378. The van der Waals surface area contributed by atoms with Crippen molar-refractivity contribution in [2.45, 2.75) is 51.6 Å². The van der Waals surface area contributed by atoms with E-state index in [4.69, 9.17) is 10.2 Å². The first kappa shape index (κ1) is 12.7. The molecule has 1 heterocycles.